The maximum atomic E-state index is 13.4. The zero-order valence-corrected chi connectivity index (χ0v) is 19.8. The summed E-state index contributed by atoms with van der Waals surface area (Å²) < 4.78 is 10.7. The first kappa shape index (κ1) is 24.4. The fraction of sp³-hybridized carbons (Fsp3) is 0.143. The van der Waals surface area contributed by atoms with Crippen LogP contribution >= 0.6 is 0 Å². The van der Waals surface area contributed by atoms with Crippen LogP contribution in [0, 0.1) is 0 Å². The summed E-state index contributed by atoms with van der Waals surface area (Å²) in [5.74, 6) is -1.64. The molecular formula is C28H24N2O6. The van der Waals surface area contributed by atoms with Crippen molar-refractivity contribution in [3.63, 3.8) is 0 Å². The molecule has 2 heterocycles. The van der Waals surface area contributed by atoms with Crippen LogP contribution in [0.5, 0.6) is 0 Å². The number of ether oxygens (including phenoxy) is 2. The van der Waals surface area contributed by atoms with Crippen LogP contribution < -0.4 is 16.3 Å². The smallest absolute Gasteiger partial charge is 0.341 e. The third-order valence-corrected chi connectivity index (χ3v) is 5.51. The molecule has 8 heteroatoms. The number of benzene rings is 2. The number of carbonyl (C=O) groups is 2. The number of H-pyrrole nitrogens is 1. The van der Waals surface area contributed by atoms with Crippen molar-refractivity contribution in [1.82, 2.24) is 10.3 Å². The topological polar surface area (TPSA) is 115 Å². The van der Waals surface area contributed by atoms with Gasteiger partial charge in [-0.1, -0.05) is 60.7 Å². The number of nitrogens with one attached hydrogen (secondary N) is 2. The van der Waals surface area contributed by atoms with E-state index >= 15 is 0 Å². The van der Waals surface area contributed by atoms with Crippen molar-refractivity contribution in [2.45, 2.75) is 13.8 Å². The second-order valence-corrected chi connectivity index (χ2v) is 7.72. The molecule has 3 aromatic rings. The first-order valence-corrected chi connectivity index (χ1v) is 11.4. The lowest BCUT2D eigenvalue weighted by atomic mass is 9.93. The molecule has 0 atom stereocenters. The summed E-state index contributed by atoms with van der Waals surface area (Å²) in [4.78, 5) is 56.1. The van der Waals surface area contributed by atoms with Crippen LogP contribution in [0.3, 0.4) is 0 Å². The van der Waals surface area contributed by atoms with Gasteiger partial charge in [0.05, 0.1) is 46.9 Å². The van der Waals surface area contributed by atoms with E-state index in [2.05, 4.69) is 10.3 Å². The third kappa shape index (κ3) is 4.61. The van der Waals surface area contributed by atoms with Gasteiger partial charge in [0, 0.05) is 12.3 Å². The maximum Gasteiger partial charge on any atom is 0.341 e. The average molecular weight is 485 g/mol. The van der Waals surface area contributed by atoms with Gasteiger partial charge in [0.1, 0.15) is 0 Å². The van der Waals surface area contributed by atoms with Gasteiger partial charge in [0.25, 0.3) is 5.56 Å². The molecule has 0 aliphatic carbocycles. The van der Waals surface area contributed by atoms with Gasteiger partial charge in [-0.3, -0.25) is 9.59 Å². The minimum atomic E-state index is -0.821. The molecule has 0 saturated carbocycles. The van der Waals surface area contributed by atoms with Crippen molar-refractivity contribution in [2.75, 3.05) is 13.2 Å². The predicted molar refractivity (Wildman–Crippen MR) is 136 cm³/mol. The highest BCUT2D eigenvalue weighted by molar-refractivity contribution is 6.32. The van der Waals surface area contributed by atoms with Gasteiger partial charge in [0.15, 0.2) is 5.43 Å². The molecule has 0 saturated heterocycles. The predicted octanol–water partition coefficient (Wildman–Crippen LogP) is 3.20. The van der Waals surface area contributed by atoms with Gasteiger partial charge in [-0.2, -0.15) is 0 Å². The Morgan fingerprint density at radius 3 is 1.64 bits per heavy atom. The number of fused-ring (bicyclic) bond motifs is 1. The van der Waals surface area contributed by atoms with E-state index in [1.54, 1.807) is 74.5 Å². The van der Waals surface area contributed by atoms with Gasteiger partial charge >= 0.3 is 11.9 Å². The van der Waals surface area contributed by atoms with Crippen molar-refractivity contribution >= 4 is 34.5 Å². The lowest BCUT2D eigenvalue weighted by molar-refractivity contribution is -0.137. The lowest BCUT2D eigenvalue weighted by Crippen LogP contribution is -2.22. The Kier molecular flexibility index (Phi) is 7.25. The normalized spacial score (nSPS) is 12.8. The van der Waals surface area contributed by atoms with Gasteiger partial charge in [-0.15, -0.1) is 0 Å². The number of hydrogen-bond acceptors (Lipinski definition) is 7. The highest BCUT2D eigenvalue weighted by Crippen LogP contribution is 2.36. The highest BCUT2D eigenvalue weighted by atomic mass is 16.5. The Morgan fingerprint density at radius 1 is 0.694 bits per heavy atom. The van der Waals surface area contributed by atoms with E-state index in [9.17, 15) is 19.2 Å². The van der Waals surface area contributed by atoms with Crippen LogP contribution in [0.1, 0.15) is 36.1 Å². The van der Waals surface area contributed by atoms with Crippen LogP contribution in [0.15, 0.2) is 82.5 Å². The lowest BCUT2D eigenvalue weighted by Gasteiger charge is -2.18. The van der Waals surface area contributed by atoms with E-state index in [0.717, 1.165) is 6.07 Å². The van der Waals surface area contributed by atoms with E-state index in [1.165, 1.54) is 6.20 Å². The Hall–Kier alpha value is -4.72. The number of hydrogen-bond donors (Lipinski definition) is 2. The molecule has 0 bridgehead atoms. The van der Waals surface area contributed by atoms with Crippen molar-refractivity contribution in [3.05, 3.63) is 116 Å². The van der Waals surface area contributed by atoms with Gasteiger partial charge in [-0.25, -0.2) is 9.59 Å². The maximum absolute atomic E-state index is 13.4. The SMILES string of the molecule is CCOC(=O)C1=C(c2ccccc2)NC(c2ccccc2)=C(C(=O)OCC)c2c1c(=O)cc[nH]c2=O. The summed E-state index contributed by atoms with van der Waals surface area (Å²) in [6.07, 6.45) is 1.18. The first-order chi connectivity index (χ1) is 17.5. The highest BCUT2D eigenvalue weighted by Gasteiger charge is 2.35. The molecule has 0 fully saturated rings. The van der Waals surface area contributed by atoms with Gasteiger partial charge < -0.3 is 19.8 Å². The molecule has 2 N–H and O–H groups in total. The van der Waals surface area contributed by atoms with Crippen LogP contribution in [0.4, 0.5) is 0 Å². The van der Waals surface area contributed by atoms with Gasteiger partial charge in [0.2, 0.25) is 0 Å². The molecule has 1 aliphatic rings. The molecular weight excluding hydrogens is 460 g/mol. The number of rotatable bonds is 6. The fourth-order valence-electron chi connectivity index (χ4n) is 4.03. The molecule has 0 amide bonds. The van der Waals surface area contributed by atoms with Crippen molar-refractivity contribution in [3.8, 4) is 0 Å². The molecule has 8 nitrogen and oxygen atoms in total. The minimum absolute atomic E-state index is 0.0323. The first-order valence-electron chi connectivity index (χ1n) is 11.4. The standard InChI is InChI=1S/C28H24N2O6/c1-3-35-27(33)22-20-19(31)15-16-29-26(32)21(20)23(28(34)36-4-2)25(18-13-9-6-10-14-18)30-24(22)17-11-7-5-8-12-17/h5-16,30H,3-4H2,1-2H3,(H,29,32). The molecule has 182 valence electrons. The molecule has 2 aromatic carbocycles. The minimum Gasteiger partial charge on any atom is -0.462 e. The molecule has 4 rings (SSSR count). The van der Waals surface area contributed by atoms with Gasteiger partial charge in [-0.05, 0) is 25.0 Å². The monoisotopic (exact) mass is 484 g/mol. The number of aromatic nitrogens is 1. The summed E-state index contributed by atoms with van der Waals surface area (Å²) in [5.41, 5.74) is -0.697. The largest absolute Gasteiger partial charge is 0.462 e. The molecule has 0 unspecified atom stereocenters. The summed E-state index contributed by atoms with van der Waals surface area (Å²) in [7, 11) is 0. The molecule has 0 spiro atoms. The summed E-state index contributed by atoms with van der Waals surface area (Å²) >= 11 is 0. The fourth-order valence-corrected chi connectivity index (χ4v) is 4.03. The van der Waals surface area contributed by atoms with Crippen molar-refractivity contribution < 1.29 is 19.1 Å². The van der Waals surface area contributed by atoms with E-state index in [4.69, 9.17) is 9.47 Å². The number of aromatic amines is 1. The second kappa shape index (κ2) is 10.7. The van der Waals surface area contributed by atoms with E-state index in [1.807, 2.05) is 0 Å². The Bertz CT molecular complexity index is 1380. The molecule has 36 heavy (non-hydrogen) atoms. The van der Waals surface area contributed by atoms with Crippen LogP contribution in [-0.2, 0) is 19.1 Å². The van der Waals surface area contributed by atoms with Crippen molar-refractivity contribution in [2.24, 2.45) is 0 Å². The van der Waals surface area contributed by atoms with E-state index < -0.39 is 22.9 Å². The van der Waals surface area contributed by atoms with Crippen LogP contribution in [0.25, 0.3) is 22.5 Å². The van der Waals surface area contributed by atoms with E-state index in [0.29, 0.717) is 11.1 Å². The molecule has 0 radical (unpaired) electrons. The van der Waals surface area contributed by atoms with Crippen LogP contribution in [0.2, 0.25) is 0 Å². The molecule has 1 aliphatic heterocycles. The Balaban J connectivity index is 2.26. The van der Waals surface area contributed by atoms with E-state index in [-0.39, 0.29) is 46.9 Å². The summed E-state index contributed by atoms with van der Waals surface area (Å²) in [6, 6.07) is 18.8. The quantitative estimate of drug-likeness (QED) is 0.517. The van der Waals surface area contributed by atoms with Crippen LogP contribution in [-0.4, -0.2) is 30.1 Å². The zero-order valence-electron chi connectivity index (χ0n) is 19.8. The summed E-state index contributed by atoms with van der Waals surface area (Å²) in [6.45, 7) is 3.34. The average Bonchev–Trinajstić information content (AvgIpc) is 3.13. The summed E-state index contributed by atoms with van der Waals surface area (Å²) in [5, 5.41) is 3.20. The number of esters is 2. The third-order valence-electron chi connectivity index (χ3n) is 5.51. The molecule has 1 aromatic heterocycles. The van der Waals surface area contributed by atoms with Crippen molar-refractivity contribution in [1.29, 1.82) is 0 Å². The second-order valence-electron chi connectivity index (χ2n) is 7.72. The number of carbonyl (C=O) groups excluding carboxylic acids is 2. The Labute approximate surface area is 206 Å². The Morgan fingerprint density at radius 2 is 1.17 bits per heavy atom. The zero-order chi connectivity index (χ0) is 25.7.